The molecule has 0 aromatic carbocycles. The zero-order valence-electron chi connectivity index (χ0n) is 9.00. The number of carbonyl (C=O) groups excluding carboxylic acids is 1. The van der Waals surface area contributed by atoms with Gasteiger partial charge in [-0.3, -0.25) is 4.79 Å². The molecule has 5 heteroatoms. The smallest absolute Gasteiger partial charge is 0.326 e. The molecule has 0 aliphatic carbocycles. The molecule has 0 aromatic heterocycles. The Bertz CT molecular complexity index is 221. The third-order valence-electron chi connectivity index (χ3n) is 1.62. The average molecular weight is 189 g/mol. The van der Waals surface area contributed by atoms with Crippen molar-refractivity contribution in [3.8, 4) is 0 Å². The average Bonchev–Trinajstić information content (AvgIpc) is 2.11. The van der Waals surface area contributed by atoms with Gasteiger partial charge in [0.15, 0.2) is 0 Å². The van der Waals surface area contributed by atoms with Crippen molar-refractivity contribution in [2.24, 2.45) is 11.6 Å². The summed E-state index contributed by atoms with van der Waals surface area (Å²) in [5.74, 6) is -1.74. The number of hydrogen-bond donors (Lipinski definition) is 3. The van der Waals surface area contributed by atoms with Crippen molar-refractivity contribution >= 4 is 11.9 Å². The number of amides is 1. The molecule has 76 valence electrons. The van der Waals surface area contributed by atoms with Gasteiger partial charge in [0.1, 0.15) is 7.45 Å². The van der Waals surface area contributed by atoms with Gasteiger partial charge in [0.25, 0.3) is 0 Å². The lowest BCUT2D eigenvalue weighted by Crippen LogP contribution is -2.49. The van der Waals surface area contributed by atoms with E-state index in [9.17, 15) is 9.59 Å². The molecule has 0 spiro atoms. The number of rotatable bonds is 5. The molecule has 0 unspecified atom stereocenters. The van der Waals surface area contributed by atoms with Gasteiger partial charge in [0.2, 0.25) is 5.91 Å². The summed E-state index contributed by atoms with van der Waals surface area (Å²) in [4.78, 5) is 21.9. The van der Waals surface area contributed by atoms with Gasteiger partial charge < -0.3 is 16.2 Å². The lowest BCUT2D eigenvalue weighted by atomic mass is 10.0. The molecule has 0 saturated heterocycles. The summed E-state index contributed by atoms with van der Waals surface area (Å²) in [6.45, 7) is 4.90. The molecule has 0 rings (SSSR count). The Morgan fingerprint density at radius 3 is 2.31 bits per heavy atom. The summed E-state index contributed by atoms with van der Waals surface area (Å²) in [7, 11) is 0. The summed E-state index contributed by atoms with van der Waals surface area (Å²) in [6, 6.07) is -1.62. The van der Waals surface area contributed by atoms with Crippen molar-refractivity contribution in [1.29, 1.82) is 0 Å². The van der Waals surface area contributed by atoms with Gasteiger partial charge in [0, 0.05) is 0 Å². The number of carboxylic acid groups (broad SMARTS) is 1. The Hall–Kier alpha value is -1.10. The number of aliphatic carboxylic acids is 1. The summed E-state index contributed by atoms with van der Waals surface area (Å²) >= 11 is 0. The van der Waals surface area contributed by atoms with Crippen molar-refractivity contribution < 1.29 is 16.1 Å². The van der Waals surface area contributed by atoms with Gasteiger partial charge in [0.05, 0.1) is 6.04 Å². The molecular weight excluding hydrogens is 172 g/mol. The van der Waals surface area contributed by atoms with E-state index in [1.165, 1.54) is 6.92 Å². The fourth-order valence-corrected chi connectivity index (χ4v) is 0.792. The Morgan fingerprint density at radius 1 is 1.46 bits per heavy atom. The third kappa shape index (κ3) is 3.89. The minimum Gasteiger partial charge on any atom is -0.480 e. The second kappa shape index (κ2) is 4.81. The first kappa shape index (κ1) is 9.98. The molecule has 13 heavy (non-hydrogen) atoms. The van der Waals surface area contributed by atoms with E-state index >= 15 is 0 Å². The van der Waals surface area contributed by atoms with Gasteiger partial charge in [-0.15, -0.1) is 0 Å². The van der Waals surface area contributed by atoms with Crippen LogP contribution in [0.3, 0.4) is 0 Å². The van der Waals surface area contributed by atoms with Crippen LogP contribution in [0.5, 0.6) is 0 Å². The van der Waals surface area contributed by atoms with E-state index in [1.807, 2.05) is 5.73 Å². The maximum Gasteiger partial charge on any atom is 0.326 e. The van der Waals surface area contributed by atoms with E-state index in [0.29, 0.717) is 0 Å². The Morgan fingerprint density at radius 2 is 2.00 bits per heavy atom. The van der Waals surface area contributed by atoms with Crippen molar-refractivity contribution in [2.45, 2.75) is 32.9 Å². The lowest BCUT2D eigenvalue weighted by molar-refractivity contribution is -0.143. The molecule has 4 N–H and O–H groups in total. The van der Waals surface area contributed by atoms with Crippen molar-refractivity contribution in [2.75, 3.05) is 0 Å². The van der Waals surface area contributed by atoms with Crippen LogP contribution in [0.25, 0.3) is 0 Å². The lowest BCUT2D eigenvalue weighted by Gasteiger charge is -2.18. The number of nitrogens with one attached hydrogen (secondary N) is 1. The van der Waals surface area contributed by atoms with Crippen molar-refractivity contribution in [3.63, 3.8) is 0 Å². The zero-order chi connectivity index (χ0) is 11.3. The van der Waals surface area contributed by atoms with E-state index in [1.54, 1.807) is 13.8 Å². The van der Waals surface area contributed by atoms with Gasteiger partial charge in [-0.05, 0) is 12.8 Å². The standard InChI is InChI=1S/C8H16N2O3/c1-4(2)6(8(12)13)10-7(11)5(3)9/h4-6H,9H2,1-3H3,(H,10,11)(H,12,13)/t5-,6-/m0/s1/i/hD. The zero-order valence-corrected chi connectivity index (χ0v) is 8.00. The number of carbonyl (C=O) groups is 2. The monoisotopic (exact) mass is 189 g/mol. The van der Waals surface area contributed by atoms with Crippen LogP contribution in [-0.2, 0) is 9.59 Å². The molecule has 0 heterocycles. The first-order valence-electron chi connectivity index (χ1n) is 4.60. The van der Waals surface area contributed by atoms with E-state index in [0.717, 1.165) is 0 Å². The molecule has 0 saturated carbocycles. The maximum absolute atomic E-state index is 11.2. The third-order valence-corrected chi connectivity index (χ3v) is 1.62. The molecule has 0 aromatic rings. The van der Waals surface area contributed by atoms with E-state index in [-0.39, 0.29) is 5.92 Å². The minimum atomic E-state index is -1.06. The second-order valence-corrected chi connectivity index (χ2v) is 3.29. The Kier molecular flexibility index (Phi) is 3.70. The highest BCUT2D eigenvalue weighted by atomic mass is 16.4. The van der Waals surface area contributed by atoms with Crippen LogP contribution < -0.4 is 11.0 Å². The molecule has 5 nitrogen and oxygen atoms in total. The molecule has 0 radical (unpaired) electrons. The van der Waals surface area contributed by atoms with Crippen LogP contribution in [0.2, 0.25) is 1.41 Å². The highest BCUT2D eigenvalue weighted by Crippen LogP contribution is 2.01. The first-order valence-corrected chi connectivity index (χ1v) is 4.10. The van der Waals surface area contributed by atoms with E-state index in [2.05, 4.69) is 5.32 Å². The van der Waals surface area contributed by atoms with E-state index < -0.39 is 24.0 Å². The van der Waals surface area contributed by atoms with Crippen LogP contribution in [0.4, 0.5) is 0 Å². The summed E-state index contributed by atoms with van der Waals surface area (Å²) in [5, 5.41) is 11.1. The normalized spacial score (nSPS) is 16.2. The van der Waals surface area contributed by atoms with Crippen LogP contribution in [0.15, 0.2) is 0 Å². The van der Waals surface area contributed by atoms with Crippen LogP contribution in [0.1, 0.15) is 20.8 Å². The number of nitrogens with two attached hydrogens (primary N) is 1. The second-order valence-electron chi connectivity index (χ2n) is 3.29. The SMILES string of the molecule is [2H]N[C@@H](C)C(=O)N[C@H](C(=O)O)C(C)C. The fourth-order valence-electron chi connectivity index (χ4n) is 0.792. The first-order chi connectivity index (χ1) is 6.40. The molecule has 1 amide bonds. The minimum absolute atomic E-state index is 0.186. The molecule has 0 aliphatic rings. The summed E-state index contributed by atoms with van der Waals surface area (Å²) in [6.07, 6.45) is 0. The fraction of sp³-hybridized carbons (Fsp3) is 0.750. The Labute approximate surface area is 78.8 Å². The molecule has 2 atom stereocenters. The predicted molar refractivity (Wildman–Crippen MR) is 48.1 cm³/mol. The molecule has 0 bridgehead atoms. The highest BCUT2D eigenvalue weighted by Gasteiger charge is 2.24. The maximum atomic E-state index is 11.2. The molecular formula is C8H16N2O3. The largest absolute Gasteiger partial charge is 0.480 e. The van der Waals surface area contributed by atoms with Crippen LogP contribution in [-0.4, -0.2) is 29.1 Å². The quantitative estimate of drug-likeness (QED) is 0.546. The number of hydrogen-bond acceptors (Lipinski definition) is 3. The molecule has 0 fully saturated rings. The van der Waals surface area contributed by atoms with Crippen molar-refractivity contribution in [3.05, 3.63) is 0 Å². The number of carboxylic acids is 1. The van der Waals surface area contributed by atoms with Gasteiger partial charge in [-0.2, -0.15) is 0 Å². The summed E-state index contributed by atoms with van der Waals surface area (Å²) < 4.78 is 6.74. The highest BCUT2D eigenvalue weighted by molar-refractivity contribution is 5.86. The van der Waals surface area contributed by atoms with Crippen LogP contribution >= 0.6 is 0 Å². The van der Waals surface area contributed by atoms with Gasteiger partial charge in [-0.1, -0.05) is 13.8 Å². The van der Waals surface area contributed by atoms with Gasteiger partial charge >= 0.3 is 5.97 Å². The predicted octanol–water partition coefficient (Wildman–Crippen LogP) is -0.441. The van der Waals surface area contributed by atoms with Gasteiger partial charge in [-0.25, -0.2) is 4.79 Å². The Balaban J connectivity index is 4.31. The topological polar surface area (TPSA) is 92.4 Å². The van der Waals surface area contributed by atoms with Crippen LogP contribution in [0, 0.1) is 5.92 Å². The van der Waals surface area contributed by atoms with Crippen molar-refractivity contribution in [1.82, 2.24) is 5.32 Å². The summed E-state index contributed by atoms with van der Waals surface area (Å²) in [5.41, 5.74) is 1.99. The molecule has 0 aliphatic heterocycles. The van der Waals surface area contributed by atoms with E-state index in [4.69, 9.17) is 6.52 Å².